The first kappa shape index (κ1) is 20.9. The lowest BCUT2D eigenvalue weighted by molar-refractivity contribution is 0.0223. The number of fused-ring (bicyclic) bond motifs is 1. The van der Waals surface area contributed by atoms with Crippen molar-refractivity contribution in [1.82, 2.24) is 9.88 Å². The van der Waals surface area contributed by atoms with Crippen molar-refractivity contribution in [3.05, 3.63) is 95.2 Å². The van der Waals surface area contributed by atoms with Crippen molar-refractivity contribution in [2.45, 2.75) is 45.4 Å². The lowest BCUT2D eigenvalue weighted by Gasteiger charge is -2.31. The number of carbonyl (C=O) groups excluding carboxylic acids is 1. The van der Waals surface area contributed by atoms with E-state index < -0.39 is 5.60 Å². The lowest BCUT2D eigenvalue weighted by atomic mass is 9.98. The fraction of sp³-hybridized carbons (Fsp3) is 0.308. The van der Waals surface area contributed by atoms with Crippen LogP contribution in [0.3, 0.4) is 0 Å². The smallest absolute Gasteiger partial charge is 0.410 e. The number of hydrogen-bond donors (Lipinski definition) is 1. The van der Waals surface area contributed by atoms with Gasteiger partial charge in [-0.2, -0.15) is 0 Å². The Bertz CT molecular complexity index is 990. The van der Waals surface area contributed by atoms with E-state index in [1.165, 1.54) is 11.1 Å². The standard InChI is InChI=1S/C26H29N3O2/c1-26(2,3)31-25(30)29-17-16-22-21(18-29)14-15-23(27-22)28-24(19-10-6-4-7-11-19)20-12-8-5-9-13-20/h4-15,24H,16-18H2,1-3H3,(H,27,28). The molecule has 0 saturated heterocycles. The van der Waals surface area contributed by atoms with Gasteiger partial charge in [-0.15, -0.1) is 0 Å². The van der Waals surface area contributed by atoms with E-state index in [1.807, 2.05) is 39.0 Å². The lowest BCUT2D eigenvalue weighted by Crippen LogP contribution is -2.40. The van der Waals surface area contributed by atoms with E-state index in [9.17, 15) is 4.79 Å². The second kappa shape index (κ2) is 8.80. The van der Waals surface area contributed by atoms with Gasteiger partial charge in [0.05, 0.1) is 12.6 Å². The Morgan fingerprint density at radius 3 is 2.16 bits per heavy atom. The molecule has 1 aliphatic heterocycles. The third-order valence-electron chi connectivity index (χ3n) is 5.26. The van der Waals surface area contributed by atoms with Crippen LogP contribution in [0.15, 0.2) is 72.8 Å². The van der Waals surface area contributed by atoms with Crippen molar-refractivity contribution in [2.75, 3.05) is 11.9 Å². The number of anilines is 1. The number of nitrogens with zero attached hydrogens (tertiary/aromatic N) is 2. The normalized spacial score (nSPS) is 13.6. The van der Waals surface area contributed by atoms with Crippen molar-refractivity contribution < 1.29 is 9.53 Å². The van der Waals surface area contributed by atoms with Crippen LogP contribution in [0.2, 0.25) is 0 Å². The summed E-state index contributed by atoms with van der Waals surface area (Å²) < 4.78 is 5.52. The quantitative estimate of drug-likeness (QED) is 0.605. The van der Waals surface area contributed by atoms with Crippen molar-refractivity contribution in [1.29, 1.82) is 0 Å². The average Bonchev–Trinajstić information content (AvgIpc) is 2.77. The van der Waals surface area contributed by atoms with E-state index in [4.69, 9.17) is 9.72 Å². The van der Waals surface area contributed by atoms with Crippen LogP contribution in [-0.2, 0) is 17.7 Å². The SMILES string of the molecule is CC(C)(C)OC(=O)N1CCc2nc(NC(c3ccccc3)c3ccccc3)ccc2C1. The summed E-state index contributed by atoms with van der Waals surface area (Å²) >= 11 is 0. The Balaban J connectivity index is 1.53. The number of hydrogen-bond acceptors (Lipinski definition) is 4. The van der Waals surface area contributed by atoms with E-state index in [0.717, 1.165) is 17.1 Å². The molecule has 3 aromatic rings. The summed E-state index contributed by atoms with van der Waals surface area (Å²) in [6.45, 7) is 6.80. The number of rotatable bonds is 4. The van der Waals surface area contributed by atoms with Gasteiger partial charge in [-0.25, -0.2) is 9.78 Å². The van der Waals surface area contributed by atoms with Crippen molar-refractivity contribution in [2.24, 2.45) is 0 Å². The molecule has 31 heavy (non-hydrogen) atoms. The van der Waals surface area contributed by atoms with Gasteiger partial charge >= 0.3 is 6.09 Å². The predicted octanol–water partition coefficient (Wildman–Crippen LogP) is 5.58. The van der Waals surface area contributed by atoms with Crippen LogP contribution in [0.25, 0.3) is 0 Å². The molecule has 5 heteroatoms. The van der Waals surface area contributed by atoms with Crippen LogP contribution < -0.4 is 5.32 Å². The Morgan fingerprint density at radius 2 is 1.58 bits per heavy atom. The minimum Gasteiger partial charge on any atom is -0.444 e. The van der Waals surface area contributed by atoms with Crippen molar-refractivity contribution in [3.8, 4) is 0 Å². The maximum atomic E-state index is 12.4. The van der Waals surface area contributed by atoms with Crippen LogP contribution in [-0.4, -0.2) is 28.1 Å². The third kappa shape index (κ3) is 5.23. The second-order valence-corrected chi connectivity index (χ2v) is 8.85. The number of ether oxygens (including phenoxy) is 1. The molecule has 1 aromatic heterocycles. The first-order valence-electron chi connectivity index (χ1n) is 10.7. The van der Waals surface area contributed by atoms with Gasteiger partial charge < -0.3 is 15.0 Å². The fourth-order valence-electron chi connectivity index (χ4n) is 3.78. The molecule has 5 nitrogen and oxygen atoms in total. The number of benzene rings is 2. The number of amides is 1. The number of carbonyl (C=O) groups is 1. The fourth-order valence-corrected chi connectivity index (χ4v) is 3.78. The second-order valence-electron chi connectivity index (χ2n) is 8.85. The Morgan fingerprint density at radius 1 is 0.968 bits per heavy atom. The number of pyridine rings is 1. The van der Waals surface area contributed by atoms with Gasteiger partial charge in [0, 0.05) is 18.7 Å². The molecule has 4 rings (SSSR count). The molecule has 2 aromatic carbocycles. The van der Waals surface area contributed by atoms with Gasteiger partial charge in [0.25, 0.3) is 0 Å². The van der Waals surface area contributed by atoms with Crippen LogP contribution in [0.1, 0.15) is 49.2 Å². The monoisotopic (exact) mass is 415 g/mol. The highest BCUT2D eigenvalue weighted by Crippen LogP contribution is 2.28. The molecule has 1 N–H and O–H groups in total. The predicted molar refractivity (Wildman–Crippen MR) is 123 cm³/mol. The summed E-state index contributed by atoms with van der Waals surface area (Å²) in [6, 6.07) is 24.8. The molecule has 160 valence electrons. The summed E-state index contributed by atoms with van der Waals surface area (Å²) in [7, 11) is 0. The molecule has 0 unspecified atom stereocenters. The van der Waals surface area contributed by atoms with Crippen LogP contribution in [0.5, 0.6) is 0 Å². The summed E-state index contributed by atoms with van der Waals surface area (Å²) in [5.41, 5.74) is 3.98. The van der Waals surface area contributed by atoms with Gasteiger partial charge in [0.1, 0.15) is 11.4 Å². The largest absolute Gasteiger partial charge is 0.444 e. The van der Waals surface area contributed by atoms with Gasteiger partial charge in [0.15, 0.2) is 0 Å². The molecule has 1 aliphatic rings. The van der Waals surface area contributed by atoms with Crippen LogP contribution in [0, 0.1) is 0 Å². The topological polar surface area (TPSA) is 54.5 Å². The molecule has 0 fully saturated rings. The van der Waals surface area contributed by atoms with E-state index in [2.05, 4.69) is 59.9 Å². The summed E-state index contributed by atoms with van der Waals surface area (Å²) in [4.78, 5) is 19.1. The molecule has 0 radical (unpaired) electrons. The Labute approximate surface area is 184 Å². The van der Waals surface area contributed by atoms with Crippen LogP contribution in [0.4, 0.5) is 10.6 Å². The maximum absolute atomic E-state index is 12.4. The van der Waals surface area contributed by atoms with Gasteiger partial charge in [-0.05, 0) is 43.5 Å². The Hall–Kier alpha value is -3.34. The summed E-state index contributed by atoms with van der Waals surface area (Å²) in [5.74, 6) is 0.835. The zero-order chi connectivity index (χ0) is 21.8. The van der Waals surface area contributed by atoms with E-state index in [-0.39, 0.29) is 12.1 Å². The summed E-state index contributed by atoms with van der Waals surface area (Å²) in [6.07, 6.45) is 0.444. The van der Waals surface area contributed by atoms with Crippen LogP contribution >= 0.6 is 0 Å². The molecule has 0 spiro atoms. The highest BCUT2D eigenvalue weighted by molar-refractivity contribution is 5.68. The molecule has 0 saturated carbocycles. The highest BCUT2D eigenvalue weighted by Gasteiger charge is 2.26. The molecule has 0 aliphatic carbocycles. The van der Waals surface area contributed by atoms with E-state index >= 15 is 0 Å². The molecular weight excluding hydrogens is 386 g/mol. The molecule has 0 atom stereocenters. The number of aromatic nitrogens is 1. The van der Waals surface area contributed by atoms with E-state index in [1.54, 1.807) is 4.90 Å². The molecule has 0 bridgehead atoms. The first-order chi connectivity index (χ1) is 14.9. The third-order valence-corrected chi connectivity index (χ3v) is 5.26. The average molecular weight is 416 g/mol. The van der Waals surface area contributed by atoms with Crippen molar-refractivity contribution >= 4 is 11.9 Å². The minimum atomic E-state index is -0.493. The van der Waals surface area contributed by atoms with Crippen molar-refractivity contribution in [3.63, 3.8) is 0 Å². The highest BCUT2D eigenvalue weighted by atomic mass is 16.6. The zero-order valence-electron chi connectivity index (χ0n) is 18.3. The van der Waals surface area contributed by atoms with Gasteiger partial charge in [-0.3, -0.25) is 0 Å². The molecule has 2 heterocycles. The van der Waals surface area contributed by atoms with Gasteiger partial charge in [-0.1, -0.05) is 66.7 Å². The summed E-state index contributed by atoms with van der Waals surface area (Å²) in [5, 5.41) is 3.61. The van der Waals surface area contributed by atoms with E-state index in [0.29, 0.717) is 19.5 Å². The van der Waals surface area contributed by atoms with Gasteiger partial charge in [0.2, 0.25) is 0 Å². The molecular formula is C26H29N3O2. The first-order valence-corrected chi connectivity index (χ1v) is 10.7. The molecule has 1 amide bonds. The Kier molecular flexibility index (Phi) is 5.94. The maximum Gasteiger partial charge on any atom is 0.410 e. The minimum absolute atomic E-state index is 0.00908. The zero-order valence-corrected chi connectivity index (χ0v) is 18.3. The number of nitrogens with one attached hydrogen (secondary N) is 1.